The average Bonchev–Trinajstić information content (AvgIpc) is 2.93. The fourth-order valence-electron chi connectivity index (χ4n) is 1.71. The van der Waals surface area contributed by atoms with Gasteiger partial charge in [0.1, 0.15) is 0 Å². The molecule has 0 aliphatic heterocycles. The lowest BCUT2D eigenvalue weighted by Crippen LogP contribution is -2.15. The summed E-state index contributed by atoms with van der Waals surface area (Å²) >= 11 is 3.32. The molecule has 0 spiro atoms. The van der Waals surface area contributed by atoms with Crippen molar-refractivity contribution < 1.29 is 0 Å². The van der Waals surface area contributed by atoms with E-state index in [0.717, 1.165) is 25.7 Å². The minimum Gasteiger partial charge on any atom is -0.363 e. The van der Waals surface area contributed by atoms with Gasteiger partial charge in [0, 0.05) is 17.9 Å². The second-order valence-electron chi connectivity index (χ2n) is 6.86. The van der Waals surface area contributed by atoms with E-state index in [-0.39, 0.29) is 10.8 Å². The molecule has 0 aliphatic carbocycles. The Morgan fingerprint density at radius 3 is 2.00 bits per heavy atom. The molecular weight excluding hydrogens is 288 g/mol. The van der Waals surface area contributed by atoms with Crippen molar-refractivity contribution in [1.29, 1.82) is 0 Å². The van der Waals surface area contributed by atoms with Crippen molar-refractivity contribution >= 4 is 27.8 Å². The molecule has 0 saturated carbocycles. The first-order chi connectivity index (χ1) is 9.13. The molecule has 0 unspecified atom stereocenters. The first-order valence-electron chi connectivity index (χ1n) is 6.66. The van der Waals surface area contributed by atoms with Crippen LogP contribution >= 0.6 is 22.7 Å². The van der Waals surface area contributed by atoms with Gasteiger partial charge in [0.05, 0.1) is 15.6 Å². The summed E-state index contributed by atoms with van der Waals surface area (Å²) in [5, 5.41) is 14.4. The number of nitrogens with zero attached hydrogens (tertiary/aromatic N) is 3. The van der Waals surface area contributed by atoms with E-state index < -0.39 is 0 Å². The number of thiazole rings is 1. The highest BCUT2D eigenvalue weighted by atomic mass is 32.1. The lowest BCUT2D eigenvalue weighted by molar-refractivity contribution is 0.548. The maximum Gasteiger partial charge on any atom is 0.205 e. The molecule has 0 aromatic carbocycles. The largest absolute Gasteiger partial charge is 0.363 e. The van der Waals surface area contributed by atoms with E-state index in [2.05, 4.69) is 57.1 Å². The van der Waals surface area contributed by atoms with Gasteiger partial charge >= 0.3 is 0 Å². The van der Waals surface area contributed by atoms with Crippen molar-refractivity contribution in [1.82, 2.24) is 15.2 Å². The monoisotopic (exact) mass is 310 g/mol. The summed E-state index contributed by atoms with van der Waals surface area (Å²) in [6.45, 7) is 13.2. The number of hydrogen-bond acceptors (Lipinski definition) is 6. The first-order valence-corrected chi connectivity index (χ1v) is 8.29. The van der Waals surface area contributed by atoms with Crippen molar-refractivity contribution in [3.63, 3.8) is 0 Å². The molecule has 0 saturated heterocycles. The van der Waals surface area contributed by atoms with Crippen LogP contribution in [-0.4, -0.2) is 22.2 Å². The number of rotatable bonds is 2. The fraction of sp³-hybridized carbons (Fsp3) is 0.643. The molecule has 2 rings (SSSR count). The molecule has 0 bridgehead atoms. The van der Waals surface area contributed by atoms with Gasteiger partial charge < -0.3 is 5.32 Å². The van der Waals surface area contributed by atoms with E-state index in [9.17, 15) is 0 Å². The molecule has 20 heavy (non-hydrogen) atoms. The fourth-order valence-corrected chi connectivity index (χ4v) is 3.81. The Morgan fingerprint density at radius 1 is 0.900 bits per heavy atom. The van der Waals surface area contributed by atoms with Gasteiger partial charge in [-0.2, -0.15) is 0 Å². The minimum absolute atomic E-state index is 0.000803. The number of hydrogen-bond donors (Lipinski definition) is 1. The molecule has 4 nitrogen and oxygen atoms in total. The maximum atomic E-state index is 4.90. The molecule has 0 fully saturated rings. The lowest BCUT2D eigenvalue weighted by atomic mass is 9.91. The smallest absolute Gasteiger partial charge is 0.205 e. The first kappa shape index (κ1) is 15.4. The summed E-state index contributed by atoms with van der Waals surface area (Å²) in [6, 6.07) is 0. The van der Waals surface area contributed by atoms with Crippen LogP contribution in [0.3, 0.4) is 0 Å². The molecule has 2 aromatic heterocycles. The van der Waals surface area contributed by atoms with E-state index in [1.54, 1.807) is 22.7 Å². The van der Waals surface area contributed by atoms with Gasteiger partial charge in [0.15, 0.2) is 5.01 Å². The van der Waals surface area contributed by atoms with Crippen LogP contribution in [0.2, 0.25) is 0 Å². The molecule has 1 N–H and O–H groups in total. The van der Waals surface area contributed by atoms with Crippen molar-refractivity contribution in [2.75, 3.05) is 12.4 Å². The van der Waals surface area contributed by atoms with Crippen molar-refractivity contribution in [3.8, 4) is 9.88 Å². The topological polar surface area (TPSA) is 50.7 Å². The molecule has 6 heteroatoms. The molecule has 0 atom stereocenters. The van der Waals surface area contributed by atoms with E-state index in [1.165, 1.54) is 0 Å². The van der Waals surface area contributed by atoms with E-state index in [4.69, 9.17) is 4.98 Å². The highest BCUT2D eigenvalue weighted by Gasteiger charge is 2.29. The Hall–Kier alpha value is -1.01. The zero-order chi connectivity index (χ0) is 15.1. The predicted molar refractivity (Wildman–Crippen MR) is 88.0 cm³/mol. The Labute approximate surface area is 128 Å². The summed E-state index contributed by atoms with van der Waals surface area (Å²) in [4.78, 5) is 6.06. The number of nitrogens with one attached hydrogen (secondary N) is 1. The van der Waals surface area contributed by atoms with Gasteiger partial charge in [-0.05, 0) is 0 Å². The second-order valence-corrected chi connectivity index (χ2v) is 8.84. The van der Waals surface area contributed by atoms with Gasteiger partial charge in [-0.3, -0.25) is 0 Å². The van der Waals surface area contributed by atoms with Crippen molar-refractivity contribution in [2.24, 2.45) is 0 Å². The number of anilines is 1. The van der Waals surface area contributed by atoms with Crippen LogP contribution in [0.25, 0.3) is 9.88 Å². The highest BCUT2D eigenvalue weighted by molar-refractivity contribution is 7.23. The second kappa shape index (κ2) is 5.07. The van der Waals surface area contributed by atoms with E-state index in [0.29, 0.717) is 0 Å². The van der Waals surface area contributed by atoms with Crippen LogP contribution in [0.1, 0.15) is 52.2 Å². The van der Waals surface area contributed by atoms with Gasteiger partial charge in [-0.15, -0.1) is 21.5 Å². The third kappa shape index (κ3) is 3.01. The standard InChI is InChI=1S/C14H22N4S2/c1-13(2,3)9-8(10-17-18-12(15-7)20-10)19-11(16-9)14(4,5)6/h1-7H3,(H,15,18). The molecule has 110 valence electrons. The van der Waals surface area contributed by atoms with E-state index in [1.807, 2.05) is 7.05 Å². The maximum absolute atomic E-state index is 4.90. The Kier molecular flexibility index (Phi) is 3.90. The normalized spacial score (nSPS) is 12.8. The van der Waals surface area contributed by atoms with Crippen LogP contribution in [0.5, 0.6) is 0 Å². The molecule has 0 radical (unpaired) electrons. The Bertz CT molecular complexity index is 599. The summed E-state index contributed by atoms with van der Waals surface area (Å²) < 4.78 is 0. The molecular formula is C14H22N4S2. The van der Waals surface area contributed by atoms with Crippen LogP contribution in [0.15, 0.2) is 0 Å². The summed E-state index contributed by atoms with van der Waals surface area (Å²) in [5.41, 5.74) is 1.17. The third-order valence-electron chi connectivity index (χ3n) is 2.81. The zero-order valence-electron chi connectivity index (χ0n) is 13.2. The van der Waals surface area contributed by atoms with Gasteiger partial charge in [0.25, 0.3) is 0 Å². The third-order valence-corrected chi connectivity index (χ3v) is 5.39. The van der Waals surface area contributed by atoms with Crippen LogP contribution in [-0.2, 0) is 10.8 Å². The van der Waals surface area contributed by atoms with Gasteiger partial charge in [-0.1, -0.05) is 52.9 Å². The van der Waals surface area contributed by atoms with Gasteiger partial charge in [-0.25, -0.2) is 4.98 Å². The predicted octanol–water partition coefficient (Wildman–Crippen LogP) is 4.30. The summed E-state index contributed by atoms with van der Waals surface area (Å²) in [6.07, 6.45) is 0. The molecule has 0 aliphatic rings. The SMILES string of the molecule is CNc1nnc(-c2sc(C(C)(C)C)nc2C(C)(C)C)s1. The van der Waals surface area contributed by atoms with Crippen LogP contribution < -0.4 is 5.32 Å². The average molecular weight is 310 g/mol. The molecule has 0 amide bonds. The lowest BCUT2D eigenvalue weighted by Gasteiger charge is -2.17. The van der Waals surface area contributed by atoms with Crippen molar-refractivity contribution in [2.45, 2.75) is 52.4 Å². The zero-order valence-corrected chi connectivity index (χ0v) is 14.8. The van der Waals surface area contributed by atoms with Crippen molar-refractivity contribution in [3.05, 3.63) is 10.7 Å². The highest BCUT2D eigenvalue weighted by Crippen LogP contribution is 2.42. The van der Waals surface area contributed by atoms with Gasteiger partial charge in [0.2, 0.25) is 5.13 Å². The summed E-state index contributed by atoms with van der Waals surface area (Å²) in [7, 11) is 1.86. The number of aromatic nitrogens is 3. The van der Waals surface area contributed by atoms with Crippen LogP contribution in [0.4, 0.5) is 5.13 Å². The Balaban J connectivity index is 2.58. The van der Waals surface area contributed by atoms with E-state index >= 15 is 0 Å². The summed E-state index contributed by atoms with van der Waals surface area (Å²) in [5.74, 6) is 0. The molecule has 2 aromatic rings. The van der Waals surface area contributed by atoms with Crippen LogP contribution in [0, 0.1) is 0 Å². The minimum atomic E-state index is 0.000803. The quantitative estimate of drug-likeness (QED) is 0.898. The molecule has 2 heterocycles. The Morgan fingerprint density at radius 2 is 1.55 bits per heavy atom.